The molecule has 2 aromatic heterocycles. The molecule has 1 amide bonds. The van der Waals surface area contributed by atoms with E-state index in [1.807, 2.05) is 0 Å². The van der Waals surface area contributed by atoms with Gasteiger partial charge >= 0.3 is 5.82 Å². The summed E-state index contributed by atoms with van der Waals surface area (Å²) in [4.78, 5) is 23.6. The minimum atomic E-state index is -0.573. The molecular formula is C19H23N5O3S. The number of nitrogens with one attached hydrogen (secondary N) is 1. The number of hydrogen-bond donors (Lipinski definition) is 1. The van der Waals surface area contributed by atoms with Crippen molar-refractivity contribution in [3.05, 3.63) is 38.4 Å². The van der Waals surface area contributed by atoms with Gasteiger partial charge in [0.2, 0.25) is 5.91 Å². The predicted octanol–water partition coefficient (Wildman–Crippen LogP) is 3.90. The number of anilines is 1. The van der Waals surface area contributed by atoms with Gasteiger partial charge in [-0.3, -0.25) is 4.79 Å². The van der Waals surface area contributed by atoms with Crippen LogP contribution in [0.1, 0.15) is 49.6 Å². The van der Waals surface area contributed by atoms with E-state index in [-0.39, 0.29) is 30.1 Å². The Morgan fingerprint density at radius 1 is 1.54 bits per heavy atom. The average molecular weight is 401 g/mol. The molecule has 0 spiro atoms. The van der Waals surface area contributed by atoms with Crippen molar-refractivity contribution in [1.82, 2.24) is 9.78 Å². The Bertz CT molecular complexity index is 948. The van der Waals surface area contributed by atoms with Crippen molar-refractivity contribution in [3.8, 4) is 6.07 Å². The molecule has 1 atom stereocenters. The van der Waals surface area contributed by atoms with E-state index in [0.717, 1.165) is 24.8 Å². The largest absolute Gasteiger partial charge is 0.389 e. The van der Waals surface area contributed by atoms with Gasteiger partial charge in [-0.25, -0.2) is 0 Å². The molecule has 8 nitrogen and oxygen atoms in total. The Morgan fingerprint density at radius 2 is 2.29 bits per heavy atom. The van der Waals surface area contributed by atoms with Crippen molar-refractivity contribution >= 4 is 28.1 Å². The van der Waals surface area contributed by atoms with Crippen LogP contribution in [0.2, 0.25) is 0 Å². The van der Waals surface area contributed by atoms with Gasteiger partial charge in [0, 0.05) is 11.3 Å². The molecular weight excluding hydrogens is 378 g/mol. The molecule has 0 unspecified atom stereocenters. The maximum atomic E-state index is 12.3. The Hall–Kier alpha value is -2.73. The number of nitrogens with zero attached hydrogens (tertiary/aromatic N) is 4. The van der Waals surface area contributed by atoms with Crippen molar-refractivity contribution < 1.29 is 9.72 Å². The zero-order valence-corrected chi connectivity index (χ0v) is 17.0. The molecule has 0 saturated carbocycles. The fourth-order valence-corrected chi connectivity index (χ4v) is 4.80. The highest BCUT2D eigenvalue weighted by atomic mass is 32.1. The number of carbonyl (C=O) groups is 1. The molecule has 0 aromatic carbocycles. The summed E-state index contributed by atoms with van der Waals surface area (Å²) in [6.45, 7) is 6.95. The number of rotatable bonds is 5. The Kier molecular flexibility index (Phi) is 5.52. The summed E-state index contributed by atoms with van der Waals surface area (Å²) in [6.07, 6.45) is 4.45. The number of aromatic nitrogens is 2. The molecule has 3 rings (SSSR count). The van der Waals surface area contributed by atoms with Crippen LogP contribution in [0.15, 0.2) is 12.3 Å². The van der Waals surface area contributed by atoms with Crippen molar-refractivity contribution in [1.29, 1.82) is 5.26 Å². The molecule has 0 radical (unpaired) electrons. The van der Waals surface area contributed by atoms with Gasteiger partial charge in [-0.05, 0) is 41.1 Å². The van der Waals surface area contributed by atoms with Crippen LogP contribution in [0.3, 0.4) is 0 Å². The van der Waals surface area contributed by atoms with Crippen LogP contribution in [0.4, 0.5) is 10.8 Å². The Balaban J connectivity index is 1.67. The number of fused-ring (bicyclic) bond motifs is 1. The minimum absolute atomic E-state index is 0.122. The molecule has 2 heterocycles. The smallest absolute Gasteiger partial charge is 0.358 e. The number of nitriles is 1. The first-order chi connectivity index (χ1) is 13.2. The van der Waals surface area contributed by atoms with Crippen molar-refractivity contribution in [3.63, 3.8) is 0 Å². The number of carbonyl (C=O) groups excluding carboxylic acids is 1. The first-order valence-corrected chi connectivity index (χ1v) is 10.0. The van der Waals surface area contributed by atoms with Crippen LogP contribution >= 0.6 is 11.3 Å². The van der Waals surface area contributed by atoms with E-state index >= 15 is 0 Å². The zero-order chi connectivity index (χ0) is 20.5. The third-order valence-corrected chi connectivity index (χ3v) is 6.41. The monoisotopic (exact) mass is 401 g/mol. The summed E-state index contributed by atoms with van der Waals surface area (Å²) in [5.74, 6) is 0.0801. The van der Waals surface area contributed by atoms with Gasteiger partial charge in [-0.2, -0.15) is 9.94 Å². The van der Waals surface area contributed by atoms with Crippen LogP contribution in [0.25, 0.3) is 0 Å². The molecule has 1 aliphatic carbocycles. The van der Waals surface area contributed by atoms with Crippen LogP contribution in [0.5, 0.6) is 0 Å². The van der Waals surface area contributed by atoms with Gasteiger partial charge in [-0.1, -0.05) is 20.8 Å². The minimum Gasteiger partial charge on any atom is -0.358 e. The summed E-state index contributed by atoms with van der Waals surface area (Å²) >= 11 is 1.50. The Morgan fingerprint density at radius 3 is 2.89 bits per heavy atom. The highest BCUT2D eigenvalue weighted by Crippen LogP contribution is 2.43. The predicted molar refractivity (Wildman–Crippen MR) is 106 cm³/mol. The molecule has 0 bridgehead atoms. The van der Waals surface area contributed by atoms with Crippen molar-refractivity contribution in [2.75, 3.05) is 5.32 Å². The number of hydrogen-bond acceptors (Lipinski definition) is 6. The Labute approximate surface area is 167 Å². The third-order valence-electron chi connectivity index (χ3n) is 5.24. The summed E-state index contributed by atoms with van der Waals surface area (Å²) < 4.78 is 1.37. The van der Waals surface area contributed by atoms with E-state index < -0.39 is 4.92 Å². The summed E-state index contributed by atoms with van der Waals surface area (Å²) in [5, 5.41) is 27.5. The first kappa shape index (κ1) is 20.0. The lowest BCUT2D eigenvalue weighted by molar-refractivity contribution is -0.389. The van der Waals surface area contributed by atoms with Crippen LogP contribution in [-0.4, -0.2) is 20.6 Å². The lowest BCUT2D eigenvalue weighted by atomic mass is 9.72. The molecule has 9 heteroatoms. The van der Waals surface area contributed by atoms with Gasteiger partial charge in [-0.15, -0.1) is 11.3 Å². The van der Waals surface area contributed by atoms with Crippen molar-refractivity contribution in [2.24, 2.45) is 11.3 Å². The number of thiophene rings is 1. The normalized spacial score (nSPS) is 16.3. The van der Waals surface area contributed by atoms with E-state index in [4.69, 9.17) is 0 Å². The van der Waals surface area contributed by atoms with Gasteiger partial charge in [0.25, 0.3) is 0 Å². The van der Waals surface area contributed by atoms with E-state index in [1.165, 1.54) is 33.2 Å². The van der Waals surface area contributed by atoms with Gasteiger partial charge in [0.05, 0.1) is 29.5 Å². The van der Waals surface area contributed by atoms with Gasteiger partial charge < -0.3 is 15.4 Å². The van der Waals surface area contributed by atoms with E-state index in [1.54, 1.807) is 0 Å². The zero-order valence-electron chi connectivity index (χ0n) is 16.2. The summed E-state index contributed by atoms with van der Waals surface area (Å²) in [6, 6.07) is 3.55. The molecule has 0 fully saturated rings. The maximum Gasteiger partial charge on any atom is 0.389 e. The third kappa shape index (κ3) is 4.22. The summed E-state index contributed by atoms with van der Waals surface area (Å²) in [7, 11) is 0. The standard InChI is InChI=1S/C19H23N5O3S/c1-19(2,3)12-4-5-13-14(11-20)18(28-15(13)10-12)21-17(25)7-9-23-8-6-16(22-23)24(26)27/h6,8,12H,4-5,7,9-10H2,1-3H3,(H,21,25)/t12-/m0/s1. The molecule has 2 aromatic rings. The SMILES string of the molecule is CC(C)(C)[C@H]1CCc2c(sc(NC(=O)CCn3ccc([N+](=O)[O-])n3)c2C#N)C1. The topological polar surface area (TPSA) is 114 Å². The fourth-order valence-electron chi connectivity index (χ4n) is 3.51. The first-order valence-electron chi connectivity index (χ1n) is 9.21. The second-order valence-electron chi connectivity index (χ2n) is 8.12. The number of amides is 1. The van der Waals surface area contributed by atoms with Crippen LogP contribution in [0, 0.1) is 32.8 Å². The quantitative estimate of drug-likeness (QED) is 0.603. The maximum absolute atomic E-state index is 12.3. The van der Waals surface area contributed by atoms with E-state index in [0.29, 0.717) is 16.5 Å². The van der Waals surface area contributed by atoms with E-state index in [9.17, 15) is 20.2 Å². The van der Waals surface area contributed by atoms with Gasteiger partial charge in [0.1, 0.15) is 11.1 Å². The molecule has 148 valence electrons. The second kappa shape index (κ2) is 7.72. The number of aryl methyl sites for hydroxylation is 1. The highest BCUT2D eigenvalue weighted by Gasteiger charge is 2.32. The molecule has 28 heavy (non-hydrogen) atoms. The summed E-state index contributed by atoms with van der Waals surface area (Å²) in [5.41, 5.74) is 1.87. The lowest BCUT2D eigenvalue weighted by Crippen LogP contribution is -2.26. The molecule has 0 aliphatic heterocycles. The molecule has 1 aliphatic rings. The molecule has 1 N–H and O–H groups in total. The fraction of sp³-hybridized carbons (Fsp3) is 0.526. The van der Waals surface area contributed by atoms with E-state index in [2.05, 4.69) is 37.3 Å². The van der Waals surface area contributed by atoms with Crippen molar-refractivity contribution in [2.45, 2.75) is 53.0 Å². The van der Waals surface area contributed by atoms with Crippen LogP contribution < -0.4 is 5.32 Å². The number of nitro groups is 1. The average Bonchev–Trinajstić information content (AvgIpc) is 3.22. The lowest BCUT2D eigenvalue weighted by Gasteiger charge is -2.33. The van der Waals surface area contributed by atoms with Gasteiger partial charge in [0.15, 0.2) is 0 Å². The van der Waals surface area contributed by atoms with Crippen LogP contribution in [-0.2, 0) is 24.2 Å². The second-order valence-corrected chi connectivity index (χ2v) is 9.22. The highest BCUT2D eigenvalue weighted by molar-refractivity contribution is 7.16. The molecule has 0 saturated heterocycles.